The number of hydrogen-bond acceptors (Lipinski definition) is 2. The lowest BCUT2D eigenvalue weighted by atomic mass is 10.3. The SMILES string of the molecule is CSC(C)C(=O)N(C)c1ccccc1. The Labute approximate surface area is 89.3 Å². The minimum atomic E-state index is 0.0141. The Morgan fingerprint density at radius 3 is 2.43 bits per heavy atom. The number of benzene rings is 1. The zero-order valence-electron chi connectivity index (χ0n) is 8.73. The Hall–Kier alpha value is -0.960. The molecule has 14 heavy (non-hydrogen) atoms. The van der Waals surface area contributed by atoms with Gasteiger partial charge < -0.3 is 4.90 Å². The van der Waals surface area contributed by atoms with Crippen molar-refractivity contribution in [2.24, 2.45) is 0 Å². The van der Waals surface area contributed by atoms with E-state index in [4.69, 9.17) is 0 Å². The summed E-state index contributed by atoms with van der Waals surface area (Å²) in [5.41, 5.74) is 0.943. The molecular weight excluding hydrogens is 194 g/mol. The minimum absolute atomic E-state index is 0.0141. The molecule has 1 atom stereocenters. The average molecular weight is 209 g/mol. The van der Waals surface area contributed by atoms with Crippen LogP contribution in [0.25, 0.3) is 0 Å². The molecule has 0 aliphatic heterocycles. The van der Waals surface area contributed by atoms with Crippen LogP contribution in [0.1, 0.15) is 6.92 Å². The van der Waals surface area contributed by atoms with E-state index in [1.807, 2.05) is 50.6 Å². The van der Waals surface area contributed by atoms with Crippen molar-refractivity contribution in [2.45, 2.75) is 12.2 Å². The molecule has 2 nitrogen and oxygen atoms in total. The molecule has 0 fully saturated rings. The highest BCUT2D eigenvalue weighted by Gasteiger charge is 2.16. The molecule has 0 aromatic heterocycles. The molecule has 0 heterocycles. The predicted molar refractivity (Wildman–Crippen MR) is 62.8 cm³/mol. The van der Waals surface area contributed by atoms with Gasteiger partial charge >= 0.3 is 0 Å². The molecule has 0 aliphatic carbocycles. The first kappa shape index (κ1) is 11.1. The molecule has 1 unspecified atom stereocenters. The van der Waals surface area contributed by atoms with Crippen molar-refractivity contribution in [1.29, 1.82) is 0 Å². The van der Waals surface area contributed by atoms with Gasteiger partial charge in [0.05, 0.1) is 5.25 Å². The van der Waals surface area contributed by atoms with Crippen molar-refractivity contribution in [2.75, 3.05) is 18.2 Å². The average Bonchev–Trinajstić information content (AvgIpc) is 2.27. The van der Waals surface area contributed by atoms with Crippen LogP contribution in [0, 0.1) is 0 Å². The Morgan fingerprint density at radius 2 is 1.93 bits per heavy atom. The zero-order chi connectivity index (χ0) is 10.6. The molecule has 0 aliphatic rings. The van der Waals surface area contributed by atoms with Gasteiger partial charge in [0.25, 0.3) is 0 Å². The zero-order valence-corrected chi connectivity index (χ0v) is 9.54. The van der Waals surface area contributed by atoms with Crippen LogP contribution in [0.15, 0.2) is 30.3 Å². The van der Waals surface area contributed by atoms with E-state index in [-0.39, 0.29) is 11.2 Å². The minimum Gasteiger partial charge on any atom is -0.315 e. The Bertz CT molecular complexity index is 299. The highest BCUT2D eigenvalue weighted by atomic mass is 32.2. The Balaban J connectivity index is 2.76. The van der Waals surface area contributed by atoms with Gasteiger partial charge in [-0.05, 0) is 25.3 Å². The molecule has 0 saturated carbocycles. The number of carbonyl (C=O) groups is 1. The maximum Gasteiger partial charge on any atom is 0.239 e. The highest BCUT2D eigenvalue weighted by Crippen LogP contribution is 2.15. The van der Waals surface area contributed by atoms with Crippen molar-refractivity contribution in [3.63, 3.8) is 0 Å². The van der Waals surface area contributed by atoms with Crippen LogP contribution in [-0.2, 0) is 4.79 Å². The largest absolute Gasteiger partial charge is 0.315 e. The first-order chi connectivity index (χ1) is 6.66. The summed E-state index contributed by atoms with van der Waals surface area (Å²) in [7, 11) is 1.81. The van der Waals surface area contributed by atoms with Crippen molar-refractivity contribution in [3.8, 4) is 0 Å². The summed E-state index contributed by atoms with van der Waals surface area (Å²) in [6.07, 6.45) is 1.95. The number of hydrogen-bond donors (Lipinski definition) is 0. The topological polar surface area (TPSA) is 20.3 Å². The summed E-state index contributed by atoms with van der Waals surface area (Å²) in [5, 5.41) is 0.0141. The molecule has 76 valence electrons. The molecule has 1 aromatic rings. The van der Waals surface area contributed by atoms with Crippen LogP contribution < -0.4 is 4.90 Å². The summed E-state index contributed by atoms with van der Waals surface area (Å²) in [6, 6.07) is 9.68. The van der Waals surface area contributed by atoms with Gasteiger partial charge in [-0.15, -0.1) is 0 Å². The van der Waals surface area contributed by atoms with Gasteiger partial charge in [0, 0.05) is 12.7 Å². The predicted octanol–water partition coefficient (Wildman–Crippen LogP) is 2.40. The van der Waals surface area contributed by atoms with E-state index in [2.05, 4.69) is 0 Å². The summed E-state index contributed by atoms with van der Waals surface area (Å²) in [5.74, 6) is 0.142. The van der Waals surface area contributed by atoms with Gasteiger partial charge in [0.1, 0.15) is 0 Å². The van der Waals surface area contributed by atoms with E-state index < -0.39 is 0 Å². The van der Waals surface area contributed by atoms with Gasteiger partial charge in [0.2, 0.25) is 5.91 Å². The first-order valence-corrected chi connectivity index (χ1v) is 5.81. The molecule has 0 radical (unpaired) electrons. The molecule has 1 rings (SSSR count). The van der Waals surface area contributed by atoms with Crippen molar-refractivity contribution in [3.05, 3.63) is 30.3 Å². The molecule has 3 heteroatoms. The molecule has 1 aromatic carbocycles. The van der Waals surface area contributed by atoms with Crippen LogP contribution in [0.5, 0.6) is 0 Å². The second-order valence-electron chi connectivity index (χ2n) is 3.11. The van der Waals surface area contributed by atoms with Crippen LogP contribution in [0.2, 0.25) is 0 Å². The van der Waals surface area contributed by atoms with Gasteiger partial charge in [-0.25, -0.2) is 0 Å². The lowest BCUT2D eigenvalue weighted by molar-refractivity contribution is -0.117. The van der Waals surface area contributed by atoms with E-state index in [1.165, 1.54) is 0 Å². The van der Waals surface area contributed by atoms with Gasteiger partial charge in [-0.2, -0.15) is 11.8 Å². The molecule has 0 bridgehead atoms. The van der Waals surface area contributed by atoms with Gasteiger partial charge in [0.15, 0.2) is 0 Å². The Kier molecular flexibility index (Phi) is 4.01. The van der Waals surface area contributed by atoms with Crippen molar-refractivity contribution < 1.29 is 4.79 Å². The fourth-order valence-corrected chi connectivity index (χ4v) is 1.51. The van der Waals surface area contributed by atoms with E-state index in [1.54, 1.807) is 16.7 Å². The standard InChI is InChI=1S/C11H15NOS/c1-9(14-3)11(13)12(2)10-7-5-4-6-8-10/h4-9H,1-3H3. The molecule has 0 spiro atoms. The van der Waals surface area contributed by atoms with E-state index in [9.17, 15) is 4.79 Å². The van der Waals surface area contributed by atoms with E-state index in [0.29, 0.717) is 0 Å². The summed E-state index contributed by atoms with van der Waals surface area (Å²) in [4.78, 5) is 13.5. The number of carbonyl (C=O) groups excluding carboxylic acids is 1. The van der Waals surface area contributed by atoms with Crippen LogP contribution in [0.4, 0.5) is 5.69 Å². The third kappa shape index (κ3) is 2.51. The molecule has 1 amide bonds. The fraction of sp³-hybridized carbons (Fsp3) is 0.364. The number of para-hydroxylation sites is 1. The first-order valence-electron chi connectivity index (χ1n) is 4.52. The maximum atomic E-state index is 11.8. The normalized spacial score (nSPS) is 12.2. The quantitative estimate of drug-likeness (QED) is 0.762. The Morgan fingerprint density at radius 1 is 1.36 bits per heavy atom. The van der Waals surface area contributed by atoms with Crippen LogP contribution in [-0.4, -0.2) is 24.5 Å². The fourth-order valence-electron chi connectivity index (χ4n) is 1.15. The third-order valence-corrected chi connectivity index (χ3v) is 3.08. The highest BCUT2D eigenvalue weighted by molar-refractivity contribution is 7.99. The van der Waals surface area contributed by atoms with Gasteiger partial charge in [-0.1, -0.05) is 18.2 Å². The van der Waals surface area contributed by atoms with E-state index >= 15 is 0 Å². The van der Waals surface area contributed by atoms with Crippen molar-refractivity contribution in [1.82, 2.24) is 0 Å². The summed E-state index contributed by atoms with van der Waals surface area (Å²) < 4.78 is 0. The second-order valence-corrected chi connectivity index (χ2v) is 4.29. The number of amides is 1. The third-order valence-electron chi connectivity index (χ3n) is 2.18. The summed E-state index contributed by atoms with van der Waals surface area (Å²) >= 11 is 1.56. The van der Waals surface area contributed by atoms with Crippen LogP contribution >= 0.6 is 11.8 Å². The molecule has 0 saturated heterocycles. The maximum absolute atomic E-state index is 11.8. The van der Waals surface area contributed by atoms with Crippen LogP contribution in [0.3, 0.4) is 0 Å². The number of nitrogens with zero attached hydrogens (tertiary/aromatic N) is 1. The monoisotopic (exact) mass is 209 g/mol. The second kappa shape index (κ2) is 5.05. The number of anilines is 1. The van der Waals surface area contributed by atoms with Crippen molar-refractivity contribution >= 4 is 23.4 Å². The lowest BCUT2D eigenvalue weighted by Crippen LogP contribution is -2.32. The lowest BCUT2D eigenvalue weighted by Gasteiger charge is -2.20. The smallest absolute Gasteiger partial charge is 0.239 e. The number of thioether (sulfide) groups is 1. The molecule has 0 N–H and O–H groups in total. The van der Waals surface area contributed by atoms with E-state index in [0.717, 1.165) is 5.69 Å². The molecular formula is C11H15NOS. The summed E-state index contributed by atoms with van der Waals surface area (Å²) in [6.45, 7) is 1.92. The number of rotatable bonds is 3. The van der Waals surface area contributed by atoms with Gasteiger partial charge in [-0.3, -0.25) is 4.79 Å².